The van der Waals surface area contributed by atoms with Crippen molar-refractivity contribution in [2.75, 3.05) is 6.61 Å². The predicted octanol–water partition coefficient (Wildman–Crippen LogP) is 1.62. The third-order valence-electron chi connectivity index (χ3n) is 10.0. The number of epoxide rings is 1. The molecule has 0 aromatic carbocycles. The monoisotopic (exact) mass is 542 g/mol. The van der Waals surface area contributed by atoms with E-state index in [0.29, 0.717) is 5.57 Å². The third-order valence-corrected chi connectivity index (χ3v) is 10.0. The minimum Gasteiger partial charge on any atom is -0.393 e. The Morgan fingerprint density at radius 2 is 1.85 bits per heavy atom. The van der Waals surface area contributed by atoms with Gasteiger partial charge in [0.15, 0.2) is 11.4 Å². The van der Waals surface area contributed by atoms with Gasteiger partial charge in [-0.2, -0.15) is 0 Å². The molecule has 3 heterocycles. The van der Waals surface area contributed by atoms with Crippen LogP contribution in [0.15, 0.2) is 60.3 Å². The fourth-order valence-corrected chi connectivity index (χ4v) is 8.11. The molecule has 0 aromatic heterocycles. The van der Waals surface area contributed by atoms with E-state index in [1.54, 1.807) is 45.1 Å². The SMILES string of the molecule is C=C(C)[C@]12O[C@@]3(C=CC=CC=CCCC)O[C@@H]1[C@@H]1[C@@H]4O[C@]4(CO)[C@@H](O)[C@]4(O)C(=O)C(C)=C[C@H]4[C@@]1(O3)[C@H](C)[C@H]2O. The van der Waals surface area contributed by atoms with Crippen molar-refractivity contribution in [3.05, 3.63) is 60.3 Å². The molecule has 12 atom stereocenters. The molecule has 3 saturated heterocycles. The molecule has 0 radical (unpaired) electrons. The Labute approximate surface area is 228 Å². The zero-order valence-corrected chi connectivity index (χ0v) is 22.7. The summed E-state index contributed by atoms with van der Waals surface area (Å²) in [5.74, 6) is -4.95. The van der Waals surface area contributed by atoms with E-state index in [-0.39, 0.29) is 5.57 Å². The normalized spacial score (nSPS) is 53.3. The summed E-state index contributed by atoms with van der Waals surface area (Å²) in [5, 5.41) is 45.9. The molecule has 9 heteroatoms. The van der Waals surface area contributed by atoms with Gasteiger partial charge >= 0.3 is 5.97 Å². The summed E-state index contributed by atoms with van der Waals surface area (Å²) in [5.41, 5.74) is -6.04. The molecule has 6 rings (SSSR count). The number of ketones is 1. The Bertz CT molecular complexity index is 1220. The lowest BCUT2D eigenvalue weighted by Gasteiger charge is -2.60. The maximum atomic E-state index is 13.5. The molecule has 9 nitrogen and oxygen atoms in total. The van der Waals surface area contributed by atoms with E-state index in [4.69, 9.17) is 18.9 Å². The van der Waals surface area contributed by atoms with Crippen molar-refractivity contribution < 1.29 is 44.2 Å². The fraction of sp³-hybridized carbons (Fsp3) is 0.633. The van der Waals surface area contributed by atoms with E-state index < -0.39 is 82.9 Å². The van der Waals surface area contributed by atoms with Gasteiger partial charge in [0, 0.05) is 23.8 Å². The number of unbranched alkanes of at least 4 members (excludes halogenated alkanes) is 1. The zero-order chi connectivity index (χ0) is 28.2. The maximum absolute atomic E-state index is 13.5. The van der Waals surface area contributed by atoms with Crippen molar-refractivity contribution >= 4 is 5.78 Å². The van der Waals surface area contributed by atoms with Gasteiger partial charge in [0.05, 0.1) is 18.3 Å². The molecule has 6 aliphatic rings. The lowest BCUT2D eigenvalue weighted by molar-refractivity contribution is -0.407. The highest BCUT2D eigenvalue weighted by atomic mass is 16.9. The van der Waals surface area contributed by atoms with E-state index >= 15 is 0 Å². The fourth-order valence-electron chi connectivity index (χ4n) is 8.11. The van der Waals surface area contributed by atoms with E-state index in [2.05, 4.69) is 19.6 Å². The van der Waals surface area contributed by atoms with Gasteiger partial charge in [-0.25, -0.2) is 0 Å². The number of hydrogen-bond acceptors (Lipinski definition) is 9. The van der Waals surface area contributed by atoms with Gasteiger partial charge in [0.1, 0.15) is 29.5 Å². The second kappa shape index (κ2) is 8.53. The first-order chi connectivity index (χ1) is 18.4. The van der Waals surface area contributed by atoms with Crippen molar-refractivity contribution in [3.63, 3.8) is 0 Å². The summed E-state index contributed by atoms with van der Waals surface area (Å²) in [6.07, 6.45) is 10.0. The Morgan fingerprint density at radius 3 is 2.51 bits per heavy atom. The van der Waals surface area contributed by atoms with Gasteiger partial charge in [0.2, 0.25) is 0 Å². The van der Waals surface area contributed by atoms with Crippen molar-refractivity contribution in [1.29, 1.82) is 0 Å². The van der Waals surface area contributed by atoms with Crippen LogP contribution in [-0.2, 0) is 23.7 Å². The number of ether oxygens (including phenoxy) is 4. The molecular weight excluding hydrogens is 504 g/mol. The summed E-state index contributed by atoms with van der Waals surface area (Å²) in [6, 6.07) is 0. The highest BCUT2D eigenvalue weighted by Gasteiger charge is 2.89. The van der Waals surface area contributed by atoms with Crippen LogP contribution >= 0.6 is 0 Å². The van der Waals surface area contributed by atoms with Crippen LogP contribution in [0.1, 0.15) is 40.5 Å². The summed E-state index contributed by atoms with van der Waals surface area (Å²) < 4.78 is 25.9. The third kappa shape index (κ3) is 3.05. The second-order valence-electron chi connectivity index (χ2n) is 12.0. The van der Waals surface area contributed by atoms with Gasteiger partial charge in [0.25, 0.3) is 0 Å². The lowest BCUT2D eigenvalue weighted by Crippen LogP contribution is -2.76. The quantitative estimate of drug-likeness (QED) is 0.215. The molecule has 0 spiro atoms. The average Bonchev–Trinajstić information content (AvgIpc) is 3.53. The number of allylic oxidation sites excluding steroid dienone is 5. The number of rotatable bonds is 7. The molecule has 3 bridgehead atoms. The number of carbonyl (C=O) groups is 1. The van der Waals surface area contributed by atoms with Crippen LogP contribution < -0.4 is 0 Å². The van der Waals surface area contributed by atoms with Crippen LogP contribution in [-0.4, -0.2) is 85.6 Å². The van der Waals surface area contributed by atoms with Crippen molar-refractivity contribution in [1.82, 2.24) is 0 Å². The summed E-state index contributed by atoms with van der Waals surface area (Å²) in [6.45, 7) is 10.7. The molecule has 3 aliphatic carbocycles. The highest BCUT2D eigenvalue weighted by Crippen LogP contribution is 2.72. The minimum absolute atomic E-state index is 0.259. The Hall–Kier alpha value is -1.95. The Morgan fingerprint density at radius 1 is 1.13 bits per heavy atom. The molecule has 4 N–H and O–H groups in total. The number of Topliss-reactive ketones (excluding diaryl/α,β-unsaturated/α-hetero) is 1. The van der Waals surface area contributed by atoms with Crippen molar-refractivity contribution in [2.45, 2.75) is 93.3 Å². The first-order valence-corrected chi connectivity index (χ1v) is 13.8. The highest BCUT2D eigenvalue weighted by molar-refractivity contribution is 6.05. The Kier molecular flexibility index (Phi) is 5.96. The van der Waals surface area contributed by atoms with Crippen molar-refractivity contribution in [3.8, 4) is 0 Å². The molecule has 3 aliphatic heterocycles. The lowest BCUT2D eigenvalue weighted by atomic mass is 9.53. The van der Waals surface area contributed by atoms with E-state index in [9.17, 15) is 25.2 Å². The number of aliphatic hydroxyl groups is 4. The molecule has 0 aromatic rings. The Balaban J connectivity index is 1.54. The van der Waals surface area contributed by atoms with Gasteiger partial charge in [-0.1, -0.05) is 63.3 Å². The average molecular weight is 543 g/mol. The summed E-state index contributed by atoms with van der Waals surface area (Å²) in [7, 11) is 0. The van der Waals surface area contributed by atoms with Gasteiger partial charge in [-0.15, -0.1) is 0 Å². The van der Waals surface area contributed by atoms with E-state index in [1.807, 2.05) is 12.2 Å². The van der Waals surface area contributed by atoms with Crippen LogP contribution in [0.2, 0.25) is 0 Å². The number of fused-ring (bicyclic) bond motifs is 3. The first kappa shape index (κ1) is 27.2. The molecular formula is C30H38O9. The standard InChI is InChI=1S/C30H38O9/c1-6-7-8-9-10-11-12-13-27-37-24-20-23-26(15-31,36-23)25(34)28(35)19(14-17(4)21(28)32)30(20,39-27)18(5)22(33)29(24,38-27)16(2)3/h8-14,18-20,22-25,31,33-35H,2,6-7,15H2,1,3-5H3/t18-,19-,20+,22-,23+,24-,25-,26+,27-,28-,29-,30+/m1/s1. The number of aliphatic hydroxyl groups excluding tert-OH is 3. The number of carbonyl (C=O) groups excluding carboxylic acids is 1. The molecule has 39 heavy (non-hydrogen) atoms. The van der Waals surface area contributed by atoms with Crippen LogP contribution in [0.5, 0.6) is 0 Å². The number of hydrogen-bond donors (Lipinski definition) is 4. The molecule has 2 saturated carbocycles. The van der Waals surface area contributed by atoms with Gasteiger partial charge in [-0.3, -0.25) is 4.79 Å². The van der Waals surface area contributed by atoms with Gasteiger partial charge < -0.3 is 39.4 Å². The smallest absolute Gasteiger partial charge is 0.306 e. The van der Waals surface area contributed by atoms with E-state index in [1.165, 1.54) is 0 Å². The van der Waals surface area contributed by atoms with Crippen molar-refractivity contribution in [2.24, 2.45) is 17.8 Å². The largest absolute Gasteiger partial charge is 0.393 e. The van der Waals surface area contributed by atoms with Crippen LogP contribution in [0.3, 0.4) is 0 Å². The topological polar surface area (TPSA) is 138 Å². The minimum atomic E-state index is -2.35. The molecule has 0 amide bonds. The summed E-state index contributed by atoms with van der Waals surface area (Å²) >= 11 is 0. The molecule has 0 unspecified atom stereocenters. The van der Waals surface area contributed by atoms with Crippen LogP contribution in [0.4, 0.5) is 0 Å². The maximum Gasteiger partial charge on any atom is 0.306 e. The van der Waals surface area contributed by atoms with Crippen LogP contribution in [0, 0.1) is 17.8 Å². The second-order valence-corrected chi connectivity index (χ2v) is 12.0. The zero-order valence-electron chi connectivity index (χ0n) is 22.7. The first-order valence-electron chi connectivity index (χ1n) is 13.8. The predicted molar refractivity (Wildman–Crippen MR) is 139 cm³/mol. The van der Waals surface area contributed by atoms with Crippen LogP contribution in [0.25, 0.3) is 0 Å². The van der Waals surface area contributed by atoms with E-state index in [0.717, 1.165) is 12.8 Å². The molecule has 212 valence electrons. The van der Waals surface area contributed by atoms with Gasteiger partial charge in [-0.05, 0) is 31.4 Å². The summed E-state index contributed by atoms with van der Waals surface area (Å²) in [4.78, 5) is 13.5. The molecule has 5 fully saturated rings.